The van der Waals surface area contributed by atoms with Crippen LogP contribution in [0.15, 0.2) is 18.2 Å². The van der Waals surface area contributed by atoms with Crippen LogP contribution in [-0.2, 0) is 11.2 Å². The van der Waals surface area contributed by atoms with Crippen LogP contribution in [0.25, 0.3) is 0 Å². The van der Waals surface area contributed by atoms with Crippen molar-refractivity contribution in [1.82, 2.24) is 5.32 Å². The number of rotatable bonds is 8. The predicted octanol–water partition coefficient (Wildman–Crippen LogP) is 2.87. The Balaban J connectivity index is 2.16. The highest BCUT2D eigenvalue weighted by Crippen LogP contribution is 2.20. The Bertz CT molecular complexity index is 378. The number of nitrogens with one attached hydrogen (secondary N) is 1. The molecule has 0 amide bonds. The van der Waals surface area contributed by atoms with Crippen molar-refractivity contribution in [2.24, 2.45) is 0 Å². The number of halogens is 2. The predicted molar refractivity (Wildman–Crippen MR) is 69.5 cm³/mol. The van der Waals surface area contributed by atoms with Gasteiger partial charge < -0.3 is 10.4 Å². The Labute approximate surface area is 111 Å². The molecule has 0 bridgehead atoms. The van der Waals surface area contributed by atoms with Crippen molar-refractivity contribution < 1.29 is 14.3 Å². The molecule has 0 radical (unpaired) electrons. The van der Waals surface area contributed by atoms with Crippen LogP contribution in [0.5, 0.6) is 0 Å². The first kappa shape index (κ1) is 14.9. The van der Waals surface area contributed by atoms with E-state index in [0.29, 0.717) is 30.0 Å². The second-order valence-electron chi connectivity index (χ2n) is 4.05. The first-order valence-corrected chi connectivity index (χ1v) is 6.34. The summed E-state index contributed by atoms with van der Waals surface area (Å²) in [5, 5.41) is 12.0. The normalized spacial score (nSPS) is 10.6. The van der Waals surface area contributed by atoms with Gasteiger partial charge in [-0.05, 0) is 44.5 Å². The number of aliphatic carboxylic acids is 1. The number of carboxylic acids is 1. The standard InChI is InChI=1S/C13H17ClFNO2/c14-11-5-1-6-12(15)10(11)4-2-8-16-9-3-7-13(17)18/h1,5-6,16H,2-4,7-9H2,(H,17,18). The first-order chi connectivity index (χ1) is 8.61. The highest BCUT2D eigenvalue weighted by atomic mass is 35.5. The van der Waals surface area contributed by atoms with Crippen LogP contribution in [0.1, 0.15) is 24.8 Å². The minimum atomic E-state index is -0.782. The van der Waals surface area contributed by atoms with Crippen LogP contribution >= 0.6 is 11.6 Å². The Morgan fingerprint density at radius 1 is 1.33 bits per heavy atom. The van der Waals surface area contributed by atoms with Crippen LogP contribution in [0, 0.1) is 5.82 Å². The first-order valence-electron chi connectivity index (χ1n) is 5.96. The molecule has 0 saturated heterocycles. The van der Waals surface area contributed by atoms with Crippen molar-refractivity contribution in [3.8, 4) is 0 Å². The monoisotopic (exact) mass is 273 g/mol. The molecule has 0 aliphatic heterocycles. The fourth-order valence-electron chi connectivity index (χ4n) is 1.65. The fourth-order valence-corrected chi connectivity index (χ4v) is 1.91. The zero-order chi connectivity index (χ0) is 13.4. The second kappa shape index (κ2) is 8.06. The summed E-state index contributed by atoms with van der Waals surface area (Å²) >= 11 is 5.90. The minimum Gasteiger partial charge on any atom is -0.481 e. The average molecular weight is 274 g/mol. The van der Waals surface area contributed by atoms with Gasteiger partial charge in [0, 0.05) is 17.0 Å². The number of carbonyl (C=O) groups is 1. The molecule has 0 spiro atoms. The van der Waals surface area contributed by atoms with E-state index in [2.05, 4.69) is 5.32 Å². The molecule has 3 nitrogen and oxygen atoms in total. The van der Waals surface area contributed by atoms with Crippen LogP contribution < -0.4 is 5.32 Å². The van der Waals surface area contributed by atoms with Crippen molar-refractivity contribution in [3.05, 3.63) is 34.6 Å². The molecule has 0 heterocycles. The molecule has 0 atom stereocenters. The second-order valence-corrected chi connectivity index (χ2v) is 4.46. The fraction of sp³-hybridized carbons (Fsp3) is 0.462. The maximum absolute atomic E-state index is 13.4. The van der Waals surface area contributed by atoms with Gasteiger partial charge in [0.1, 0.15) is 5.82 Å². The van der Waals surface area contributed by atoms with E-state index in [1.807, 2.05) is 0 Å². The van der Waals surface area contributed by atoms with Gasteiger partial charge in [0.15, 0.2) is 0 Å². The lowest BCUT2D eigenvalue weighted by molar-refractivity contribution is -0.137. The highest BCUT2D eigenvalue weighted by molar-refractivity contribution is 6.31. The third-order valence-corrected chi connectivity index (χ3v) is 2.94. The number of carboxylic acid groups (broad SMARTS) is 1. The van der Waals surface area contributed by atoms with Gasteiger partial charge in [-0.2, -0.15) is 0 Å². The lowest BCUT2D eigenvalue weighted by atomic mass is 10.1. The highest BCUT2D eigenvalue weighted by Gasteiger charge is 2.05. The molecule has 0 aliphatic rings. The topological polar surface area (TPSA) is 49.3 Å². The summed E-state index contributed by atoms with van der Waals surface area (Å²) in [7, 11) is 0. The molecule has 1 aromatic rings. The zero-order valence-electron chi connectivity index (χ0n) is 10.1. The number of hydrogen-bond acceptors (Lipinski definition) is 2. The smallest absolute Gasteiger partial charge is 0.303 e. The van der Waals surface area contributed by atoms with E-state index < -0.39 is 5.97 Å². The molecule has 2 N–H and O–H groups in total. The molecule has 0 fully saturated rings. The van der Waals surface area contributed by atoms with Crippen molar-refractivity contribution >= 4 is 17.6 Å². The molecule has 5 heteroatoms. The van der Waals surface area contributed by atoms with Gasteiger partial charge in [0.25, 0.3) is 0 Å². The Hall–Kier alpha value is -1.13. The molecule has 0 aliphatic carbocycles. The third kappa shape index (κ3) is 5.47. The van der Waals surface area contributed by atoms with Crippen LogP contribution in [-0.4, -0.2) is 24.2 Å². The van der Waals surface area contributed by atoms with Gasteiger partial charge in [-0.15, -0.1) is 0 Å². The summed E-state index contributed by atoms with van der Waals surface area (Å²) in [6.45, 7) is 1.39. The van der Waals surface area contributed by atoms with Crippen LogP contribution in [0.3, 0.4) is 0 Å². The third-order valence-electron chi connectivity index (χ3n) is 2.59. The largest absolute Gasteiger partial charge is 0.481 e. The maximum atomic E-state index is 13.4. The van der Waals surface area contributed by atoms with E-state index in [4.69, 9.17) is 16.7 Å². The van der Waals surface area contributed by atoms with Gasteiger partial charge in [0.2, 0.25) is 0 Å². The van der Waals surface area contributed by atoms with E-state index in [1.54, 1.807) is 12.1 Å². The van der Waals surface area contributed by atoms with Gasteiger partial charge in [0.05, 0.1) is 0 Å². The van der Waals surface area contributed by atoms with Crippen molar-refractivity contribution in [2.75, 3.05) is 13.1 Å². The summed E-state index contributed by atoms with van der Waals surface area (Å²) in [6.07, 6.45) is 2.13. The van der Waals surface area contributed by atoms with Crippen LogP contribution in [0.2, 0.25) is 5.02 Å². The van der Waals surface area contributed by atoms with Crippen molar-refractivity contribution in [2.45, 2.75) is 25.7 Å². The van der Waals surface area contributed by atoms with Gasteiger partial charge in [-0.3, -0.25) is 4.79 Å². The molecule has 1 aromatic carbocycles. The zero-order valence-corrected chi connectivity index (χ0v) is 10.8. The summed E-state index contributed by atoms with van der Waals surface area (Å²) in [5.41, 5.74) is 0.548. The lowest BCUT2D eigenvalue weighted by Gasteiger charge is -2.06. The number of hydrogen-bond donors (Lipinski definition) is 2. The molecule has 0 aromatic heterocycles. The van der Waals surface area contributed by atoms with Crippen molar-refractivity contribution in [3.63, 3.8) is 0 Å². The molecular formula is C13H17ClFNO2. The van der Waals surface area contributed by atoms with E-state index in [0.717, 1.165) is 13.0 Å². The summed E-state index contributed by atoms with van der Waals surface area (Å²) in [6, 6.07) is 4.67. The van der Waals surface area contributed by atoms with Gasteiger partial charge in [-0.25, -0.2) is 4.39 Å². The summed E-state index contributed by atoms with van der Waals surface area (Å²) in [4.78, 5) is 10.3. The lowest BCUT2D eigenvalue weighted by Crippen LogP contribution is -2.18. The molecule has 18 heavy (non-hydrogen) atoms. The molecule has 0 unspecified atom stereocenters. The number of benzene rings is 1. The van der Waals surface area contributed by atoms with E-state index in [9.17, 15) is 9.18 Å². The van der Waals surface area contributed by atoms with E-state index >= 15 is 0 Å². The summed E-state index contributed by atoms with van der Waals surface area (Å²) in [5.74, 6) is -1.05. The maximum Gasteiger partial charge on any atom is 0.303 e. The van der Waals surface area contributed by atoms with Crippen molar-refractivity contribution in [1.29, 1.82) is 0 Å². The molecular weight excluding hydrogens is 257 g/mol. The summed E-state index contributed by atoms with van der Waals surface area (Å²) < 4.78 is 13.4. The average Bonchev–Trinajstić information content (AvgIpc) is 2.30. The molecule has 1 rings (SSSR count). The van der Waals surface area contributed by atoms with Gasteiger partial charge in [-0.1, -0.05) is 17.7 Å². The Morgan fingerprint density at radius 3 is 2.72 bits per heavy atom. The Morgan fingerprint density at radius 2 is 2.06 bits per heavy atom. The Kier molecular flexibility index (Phi) is 6.68. The van der Waals surface area contributed by atoms with E-state index in [-0.39, 0.29) is 12.2 Å². The quantitative estimate of drug-likeness (QED) is 0.716. The SMILES string of the molecule is O=C(O)CCCNCCCc1c(F)cccc1Cl. The van der Waals surface area contributed by atoms with Gasteiger partial charge >= 0.3 is 5.97 Å². The molecule has 0 saturated carbocycles. The molecule has 100 valence electrons. The minimum absolute atomic E-state index is 0.173. The van der Waals surface area contributed by atoms with Crippen LogP contribution in [0.4, 0.5) is 4.39 Å². The van der Waals surface area contributed by atoms with E-state index in [1.165, 1.54) is 6.07 Å².